The molecule has 6 heteroatoms. The van der Waals surface area contributed by atoms with Gasteiger partial charge in [-0.25, -0.2) is 9.59 Å². The van der Waals surface area contributed by atoms with Crippen molar-refractivity contribution in [3.63, 3.8) is 0 Å². The summed E-state index contributed by atoms with van der Waals surface area (Å²) in [6, 6.07) is 0. The van der Waals surface area contributed by atoms with Crippen LogP contribution in [0.2, 0.25) is 0 Å². The van der Waals surface area contributed by atoms with E-state index in [1.54, 1.807) is 6.92 Å². The lowest BCUT2D eigenvalue weighted by molar-refractivity contribution is -0.358. The molecule has 6 nitrogen and oxygen atoms in total. The molecule has 0 aliphatic heterocycles. The van der Waals surface area contributed by atoms with Gasteiger partial charge >= 0.3 is 17.9 Å². The van der Waals surface area contributed by atoms with Gasteiger partial charge in [0.25, 0.3) is 0 Å². The summed E-state index contributed by atoms with van der Waals surface area (Å²) in [6.45, 7) is 11.1. The molecule has 2 N–H and O–H groups in total. The molecule has 0 spiro atoms. The minimum atomic E-state index is -2.75. The van der Waals surface area contributed by atoms with Gasteiger partial charge < -0.3 is 19.7 Å². The van der Waals surface area contributed by atoms with Gasteiger partial charge in [-0.1, -0.05) is 26.5 Å². The number of esters is 2. The van der Waals surface area contributed by atoms with Crippen LogP contribution in [0.25, 0.3) is 0 Å². The molecule has 0 saturated carbocycles. The topological polar surface area (TPSA) is 93.1 Å². The van der Waals surface area contributed by atoms with E-state index >= 15 is 0 Å². The Morgan fingerprint density at radius 1 is 1.16 bits per heavy atom. The van der Waals surface area contributed by atoms with Crippen molar-refractivity contribution in [3.05, 3.63) is 24.3 Å². The highest BCUT2D eigenvalue weighted by Gasteiger charge is 2.44. The van der Waals surface area contributed by atoms with Crippen LogP contribution < -0.4 is 0 Å². The van der Waals surface area contributed by atoms with Crippen LogP contribution in [0.3, 0.4) is 0 Å². The molecule has 0 heterocycles. The maximum absolute atomic E-state index is 11.4. The molecule has 0 aromatic carbocycles. The van der Waals surface area contributed by atoms with Crippen molar-refractivity contribution < 1.29 is 29.3 Å². The molecule has 0 saturated heterocycles. The number of rotatable bonds is 7. The van der Waals surface area contributed by atoms with Crippen molar-refractivity contribution in [1.29, 1.82) is 0 Å². The van der Waals surface area contributed by atoms with Gasteiger partial charge in [0.2, 0.25) is 0 Å². The Morgan fingerprint density at radius 2 is 1.53 bits per heavy atom. The van der Waals surface area contributed by atoms with Gasteiger partial charge in [0.05, 0.1) is 0 Å². The van der Waals surface area contributed by atoms with Gasteiger partial charge in [0.15, 0.2) is 6.10 Å². The monoisotopic (exact) mass is 272 g/mol. The molecule has 1 atom stereocenters. The highest BCUT2D eigenvalue weighted by atomic mass is 16.8. The quantitative estimate of drug-likeness (QED) is 0.408. The average Bonchev–Trinajstić information content (AvgIpc) is 2.28. The number of hydrogen-bond acceptors (Lipinski definition) is 6. The lowest BCUT2D eigenvalue weighted by atomic mass is 10.1. The summed E-state index contributed by atoms with van der Waals surface area (Å²) in [6.07, 6.45) is -1.01. The Kier molecular flexibility index (Phi) is 6.44. The fraction of sp³-hybridized carbons (Fsp3) is 0.538. The highest BCUT2D eigenvalue weighted by molar-refractivity contribution is 5.88. The fourth-order valence-corrected chi connectivity index (χ4v) is 1.05. The molecule has 0 radical (unpaired) electrons. The Bertz CT molecular complexity index is 357. The van der Waals surface area contributed by atoms with Gasteiger partial charge in [0, 0.05) is 11.1 Å². The summed E-state index contributed by atoms with van der Waals surface area (Å²) in [7, 11) is 0. The number of aliphatic hydroxyl groups excluding tert-OH is 1. The lowest BCUT2D eigenvalue weighted by Gasteiger charge is -2.30. The minimum absolute atomic E-state index is 0.00602. The van der Waals surface area contributed by atoms with E-state index in [0.717, 1.165) is 0 Å². The SMILES string of the molecule is C=C(C)C(=O)OC(O)(OC(=O)C(=C)C)C(O)CCC. The van der Waals surface area contributed by atoms with Gasteiger partial charge in [-0.2, -0.15) is 0 Å². The predicted molar refractivity (Wildman–Crippen MR) is 67.7 cm³/mol. The number of carbonyl (C=O) groups is 2. The molecular weight excluding hydrogens is 252 g/mol. The van der Waals surface area contributed by atoms with E-state index in [1.807, 2.05) is 0 Å². The van der Waals surface area contributed by atoms with Crippen LogP contribution in [0, 0.1) is 0 Å². The maximum Gasteiger partial charge on any atom is 0.401 e. The van der Waals surface area contributed by atoms with Gasteiger partial charge in [-0.05, 0) is 20.3 Å². The largest absolute Gasteiger partial charge is 0.401 e. The first-order valence-electron chi connectivity index (χ1n) is 5.82. The van der Waals surface area contributed by atoms with E-state index in [9.17, 15) is 19.8 Å². The number of hydrogen-bond donors (Lipinski definition) is 2. The third-order valence-electron chi connectivity index (χ3n) is 2.16. The molecule has 0 bridgehead atoms. The van der Waals surface area contributed by atoms with Crippen LogP contribution in [-0.4, -0.2) is 34.2 Å². The van der Waals surface area contributed by atoms with E-state index in [1.165, 1.54) is 13.8 Å². The predicted octanol–water partition coefficient (Wildman–Crippen LogP) is 1.03. The second-order valence-corrected chi connectivity index (χ2v) is 4.27. The zero-order valence-electron chi connectivity index (χ0n) is 11.4. The molecule has 0 rings (SSSR count). The van der Waals surface area contributed by atoms with E-state index in [0.29, 0.717) is 6.42 Å². The third kappa shape index (κ3) is 5.23. The van der Waals surface area contributed by atoms with Crippen molar-refractivity contribution >= 4 is 11.9 Å². The average molecular weight is 272 g/mol. The van der Waals surface area contributed by atoms with Crippen LogP contribution in [0.15, 0.2) is 24.3 Å². The summed E-state index contributed by atoms with van der Waals surface area (Å²) in [5, 5.41) is 19.8. The van der Waals surface area contributed by atoms with Crippen molar-refractivity contribution in [2.45, 2.75) is 45.7 Å². The summed E-state index contributed by atoms with van der Waals surface area (Å²) in [5.41, 5.74) is -0.0120. The first-order valence-corrected chi connectivity index (χ1v) is 5.82. The molecule has 108 valence electrons. The molecule has 0 aliphatic carbocycles. The van der Waals surface area contributed by atoms with E-state index in [4.69, 9.17) is 0 Å². The Balaban J connectivity index is 5.11. The van der Waals surface area contributed by atoms with Crippen LogP contribution >= 0.6 is 0 Å². The minimum Gasteiger partial charge on any atom is -0.393 e. The highest BCUT2D eigenvalue weighted by Crippen LogP contribution is 2.21. The Labute approximate surface area is 112 Å². The van der Waals surface area contributed by atoms with Gasteiger partial charge in [-0.15, -0.1) is 0 Å². The Morgan fingerprint density at radius 3 is 1.79 bits per heavy atom. The zero-order valence-corrected chi connectivity index (χ0v) is 11.4. The van der Waals surface area contributed by atoms with Crippen LogP contribution in [0.4, 0.5) is 0 Å². The standard InChI is InChI=1S/C13H20O6/c1-6-7-10(14)13(17,18-11(15)8(2)3)19-12(16)9(4)5/h10,14,17H,2,4,6-7H2,1,3,5H3. The Hall–Kier alpha value is -1.66. The normalized spacial score (nSPS) is 12.5. The van der Waals surface area contributed by atoms with Gasteiger partial charge in [-0.3, -0.25) is 0 Å². The van der Waals surface area contributed by atoms with Crippen molar-refractivity contribution in [2.75, 3.05) is 0 Å². The first-order chi connectivity index (χ1) is 8.64. The van der Waals surface area contributed by atoms with Crippen LogP contribution in [-0.2, 0) is 19.1 Å². The summed E-state index contributed by atoms with van der Waals surface area (Å²) in [5.74, 6) is -4.71. The second kappa shape index (κ2) is 7.06. The van der Waals surface area contributed by atoms with Crippen molar-refractivity contribution in [1.82, 2.24) is 0 Å². The summed E-state index contributed by atoms with van der Waals surface area (Å²) >= 11 is 0. The lowest BCUT2D eigenvalue weighted by Crippen LogP contribution is -2.50. The number of ether oxygens (including phenoxy) is 2. The molecule has 0 aromatic heterocycles. The second-order valence-electron chi connectivity index (χ2n) is 4.27. The fourth-order valence-electron chi connectivity index (χ4n) is 1.05. The van der Waals surface area contributed by atoms with Crippen LogP contribution in [0.5, 0.6) is 0 Å². The zero-order chi connectivity index (χ0) is 15.2. The number of aliphatic hydroxyl groups is 2. The molecule has 0 aliphatic rings. The molecule has 19 heavy (non-hydrogen) atoms. The van der Waals surface area contributed by atoms with Crippen molar-refractivity contribution in [2.24, 2.45) is 0 Å². The molecule has 0 aromatic rings. The van der Waals surface area contributed by atoms with Crippen molar-refractivity contribution in [3.8, 4) is 0 Å². The van der Waals surface area contributed by atoms with Crippen LogP contribution in [0.1, 0.15) is 33.6 Å². The number of carbonyl (C=O) groups excluding carboxylic acids is 2. The van der Waals surface area contributed by atoms with E-state index in [2.05, 4.69) is 22.6 Å². The van der Waals surface area contributed by atoms with E-state index < -0.39 is 24.0 Å². The third-order valence-corrected chi connectivity index (χ3v) is 2.16. The van der Waals surface area contributed by atoms with E-state index in [-0.39, 0.29) is 17.6 Å². The first kappa shape index (κ1) is 17.3. The molecular formula is C13H20O6. The smallest absolute Gasteiger partial charge is 0.393 e. The van der Waals surface area contributed by atoms with Gasteiger partial charge in [0.1, 0.15) is 0 Å². The molecule has 1 unspecified atom stereocenters. The molecule has 0 fully saturated rings. The maximum atomic E-state index is 11.4. The summed E-state index contributed by atoms with van der Waals surface area (Å²) < 4.78 is 9.24. The molecule has 0 amide bonds. The summed E-state index contributed by atoms with van der Waals surface area (Å²) in [4.78, 5) is 22.8.